The number of carbonyl (C=O) groups excluding carboxylic acids is 3. The lowest BCUT2D eigenvalue weighted by Gasteiger charge is -2.21. The smallest absolute Gasteiger partial charge is 0.272 e. The third-order valence-corrected chi connectivity index (χ3v) is 5.16. The van der Waals surface area contributed by atoms with Gasteiger partial charge in [-0.05, 0) is 24.6 Å². The molecule has 2 N–H and O–H groups in total. The lowest BCUT2D eigenvalue weighted by Crippen LogP contribution is -2.46. The molecule has 0 saturated carbocycles. The summed E-state index contributed by atoms with van der Waals surface area (Å²) < 4.78 is 2.21. The molecule has 0 radical (unpaired) electrons. The molecule has 0 aliphatic carbocycles. The van der Waals surface area contributed by atoms with Gasteiger partial charge in [-0.15, -0.1) is 0 Å². The van der Waals surface area contributed by atoms with Gasteiger partial charge in [0.25, 0.3) is 5.91 Å². The van der Waals surface area contributed by atoms with E-state index < -0.39 is 6.17 Å². The van der Waals surface area contributed by atoms with Gasteiger partial charge in [0.05, 0.1) is 11.4 Å². The van der Waals surface area contributed by atoms with Crippen LogP contribution in [0.5, 0.6) is 0 Å². The number of hydrogen-bond acceptors (Lipinski definition) is 5. The maximum Gasteiger partial charge on any atom is 0.272 e. The van der Waals surface area contributed by atoms with Crippen molar-refractivity contribution in [2.45, 2.75) is 25.4 Å². The molecule has 1 heterocycles. The number of anilines is 1. The van der Waals surface area contributed by atoms with Crippen LogP contribution >= 0.6 is 24.4 Å². The quantitative estimate of drug-likeness (QED) is 0.598. The number of benzodiazepines with no additional fused rings is 1. The molecule has 2 aromatic rings. The summed E-state index contributed by atoms with van der Waals surface area (Å²) in [5.41, 5.74) is 2.71. The number of amides is 3. The number of aliphatic imine (C=N–C) groups is 1. The lowest BCUT2D eigenvalue weighted by molar-refractivity contribution is -0.127. The fraction of sp³-hybridized carbons (Fsp3) is 0.238. The Morgan fingerprint density at radius 3 is 2.53 bits per heavy atom. The van der Waals surface area contributed by atoms with E-state index in [9.17, 15) is 14.4 Å². The molecule has 1 aliphatic heterocycles. The van der Waals surface area contributed by atoms with E-state index in [1.165, 1.54) is 4.90 Å². The number of nitrogens with zero attached hydrogens (tertiary/aromatic N) is 2. The second-order valence-corrected chi connectivity index (χ2v) is 7.42. The van der Waals surface area contributed by atoms with Crippen LogP contribution in [-0.2, 0) is 14.4 Å². The third kappa shape index (κ3) is 5.01. The number of thiol groups is 1. The van der Waals surface area contributed by atoms with E-state index in [1.54, 1.807) is 25.2 Å². The predicted molar refractivity (Wildman–Crippen MR) is 120 cm³/mol. The Bertz CT molecular complexity index is 997. The zero-order valence-corrected chi connectivity index (χ0v) is 17.9. The Morgan fingerprint density at radius 2 is 1.83 bits per heavy atom. The van der Waals surface area contributed by atoms with E-state index in [2.05, 4.69) is 27.8 Å². The number of likely N-dealkylation sites (N-methyl/N-ethyl adjacent to an activating group) is 1. The first-order valence-electron chi connectivity index (χ1n) is 9.33. The molecule has 7 nitrogen and oxygen atoms in total. The lowest BCUT2D eigenvalue weighted by atomic mass is 10.0. The van der Waals surface area contributed by atoms with Crippen LogP contribution in [0.2, 0.25) is 5.02 Å². The zero-order valence-electron chi connectivity index (χ0n) is 16.3. The van der Waals surface area contributed by atoms with Gasteiger partial charge in [0, 0.05) is 36.0 Å². The van der Waals surface area contributed by atoms with Crippen LogP contribution in [0.4, 0.5) is 5.69 Å². The van der Waals surface area contributed by atoms with Gasteiger partial charge < -0.3 is 14.9 Å². The summed E-state index contributed by atoms with van der Waals surface area (Å²) >= 11 is 9.89. The molecule has 0 bridgehead atoms. The molecular weight excluding hydrogens is 424 g/mol. The Labute approximate surface area is 185 Å². The van der Waals surface area contributed by atoms with Crippen LogP contribution in [0.15, 0.2) is 53.5 Å². The third-order valence-electron chi connectivity index (χ3n) is 4.68. The second kappa shape index (κ2) is 9.77. The van der Waals surface area contributed by atoms with E-state index in [-0.39, 0.29) is 30.6 Å². The van der Waals surface area contributed by atoms with Gasteiger partial charge in [-0.3, -0.25) is 14.4 Å². The second-order valence-electron chi connectivity index (χ2n) is 6.76. The Hall–Kier alpha value is -2.84. The van der Waals surface area contributed by atoms with Crippen LogP contribution in [0, 0.1) is 0 Å². The molecule has 0 aromatic heterocycles. The molecule has 1 atom stereocenters. The molecular formula is C21H21ClN4O3S. The van der Waals surface area contributed by atoms with Gasteiger partial charge in [0.15, 0.2) is 0 Å². The highest BCUT2D eigenvalue weighted by atomic mass is 35.5. The van der Waals surface area contributed by atoms with Crippen LogP contribution < -0.4 is 14.9 Å². The van der Waals surface area contributed by atoms with Crippen molar-refractivity contribution in [3.05, 3.63) is 64.7 Å². The topological polar surface area (TPSA) is 90.9 Å². The van der Waals surface area contributed by atoms with Gasteiger partial charge in [0.2, 0.25) is 18.0 Å². The Kier molecular flexibility index (Phi) is 7.12. The van der Waals surface area contributed by atoms with Gasteiger partial charge in [0.1, 0.15) is 0 Å². The molecule has 0 saturated heterocycles. The molecule has 1 aliphatic rings. The molecule has 30 heavy (non-hydrogen) atoms. The van der Waals surface area contributed by atoms with Gasteiger partial charge in [-0.2, -0.15) is 0 Å². The summed E-state index contributed by atoms with van der Waals surface area (Å²) in [7, 11) is 1.63. The summed E-state index contributed by atoms with van der Waals surface area (Å²) in [6.07, 6.45) is -0.510. The summed E-state index contributed by atoms with van der Waals surface area (Å²) in [6, 6.07) is 14.6. The molecule has 0 fully saturated rings. The highest BCUT2D eigenvalue weighted by Gasteiger charge is 2.31. The van der Waals surface area contributed by atoms with Gasteiger partial charge in [-0.25, -0.2) is 4.99 Å². The minimum Gasteiger partial charge on any atom is -0.327 e. The minimum absolute atomic E-state index is 0.0870. The highest BCUT2D eigenvalue weighted by Crippen LogP contribution is 2.29. The number of hydrogen-bond donors (Lipinski definition) is 3. The summed E-state index contributed by atoms with van der Waals surface area (Å²) in [5.74, 6) is -1.01. The maximum absolute atomic E-state index is 13.0. The van der Waals surface area contributed by atoms with Crippen LogP contribution in [0.3, 0.4) is 0 Å². The van der Waals surface area contributed by atoms with Crippen molar-refractivity contribution in [1.82, 2.24) is 10.0 Å². The molecule has 9 heteroatoms. The normalized spacial score (nSPS) is 15.7. The van der Waals surface area contributed by atoms with Crippen molar-refractivity contribution in [3.63, 3.8) is 0 Å². The summed E-state index contributed by atoms with van der Waals surface area (Å²) in [4.78, 5) is 42.8. The van der Waals surface area contributed by atoms with Crippen LogP contribution in [0.1, 0.15) is 30.4 Å². The molecule has 3 amide bonds. The first-order valence-corrected chi connectivity index (χ1v) is 10.2. The summed E-state index contributed by atoms with van der Waals surface area (Å²) in [6.45, 7) is 0. The number of carbonyl (C=O) groups is 3. The molecule has 156 valence electrons. The van der Waals surface area contributed by atoms with E-state index in [0.717, 1.165) is 5.56 Å². The number of halogens is 1. The van der Waals surface area contributed by atoms with E-state index in [0.29, 0.717) is 28.4 Å². The number of fused-ring (bicyclic) bond motifs is 1. The van der Waals surface area contributed by atoms with Crippen molar-refractivity contribution in [2.75, 3.05) is 11.9 Å². The Morgan fingerprint density at radius 1 is 1.13 bits per heavy atom. The summed E-state index contributed by atoms with van der Waals surface area (Å²) in [5, 5.41) is 3.20. The van der Waals surface area contributed by atoms with E-state index >= 15 is 0 Å². The van der Waals surface area contributed by atoms with Crippen molar-refractivity contribution >= 4 is 53.5 Å². The van der Waals surface area contributed by atoms with Gasteiger partial charge >= 0.3 is 0 Å². The SMILES string of the molecule is CN1C(=O)C(NC(=O)CCCC(=O)NS)N=C(c2ccccc2)c2cc(Cl)ccc21. The number of rotatable bonds is 6. The van der Waals surface area contributed by atoms with Crippen molar-refractivity contribution in [2.24, 2.45) is 4.99 Å². The first-order chi connectivity index (χ1) is 14.4. The highest BCUT2D eigenvalue weighted by molar-refractivity contribution is 7.78. The molecule has 1 unspecified atom stereocenters. The largest absolute Gasteiger partial charge is 0.327 e. The minimum atomic E-state index is -1.09. The molecule has 3 rings (SSSR count). The number of nitrogens with one attached hydrogen (secondary N) is 2. The predicted octanol–water partition coefficient (Wildman–Crippen LogP) is 2.73. The van der Waals surface area contributed by atoms with Crippen molar-refractivity contribution in [1.29, 1.82) is 0 Å². The van der Waals surface area contributed by atoms with Gasteiger partial charge in [-0.1, -0.05) is 54.7 Å². The van der Waals surface area contributed by atoms with E-state index in [1.807, 2.05) is 30.3 Å². The monoisotopic (exact) mass is 444 g/mol. The zero-order chi connectivity index (χ0) is 21.7. The first kappa shape index (κ1) is 21.9. The van der Waals surface area contributed by atoms with Crippen LogP contribution in [0.25, 0.3) is 0 Å². The van der Waals surface area contributed by atoms with E-state index in [4.69, 9.17) is 11.6 Å². The maximum atomic E-state index is 13.0. The Balaban J connectivity index is 1.92. The van der Waals surface area contributed by atoms with Crippen molar-refractivity contribution < 1.29 is 14.4 Å². The fourth-order valence-electron chi connectivity index (χ4n) is 3.16. The fourth-order valence-corrected chi connectivity index (χ4v) is 3.44. The van der Waals surface area contributed by atoms with Crippen molar-refractivity contribution in [3.8, 4) is 0 Å². The average molecular weight is 445 g/mol. The van der Waals surface area contributed by atoms with Crippen LogP contribution in [-0.4, -0.2) is 36.6 Å². The molecule has 0 spiro atoms. The molecule has 2 aromatic carbocycles. The number of benzene rings is 2. The standard InChI is InChI=1S/C21H21ClN4O3S/c1-26-16-11-10-14(22)12-15(16)19(13-6-3-2-4-7-13)24-20(21(26)29)23-17(27)8-5-9-18(28)25-30/h2-4,6-7,10-12,20,30H,5,8-9H2,1H3,(H,23,27)(H,25,28). The average Bonchev–Trinajstić information content (AvgIpc) is 2.84.